The number of nitrogens with zero attached hydrogens (tertiary/aromatic N) is 3. The summed E-state index contributed by atoms with van der Waals surface area (Å²) in [6, 6.07) is 8.40. The van der Waals surface area contributed by atoms with Crippen molar-refractivity contribution in [3.05, 3.63) is 30.0 Å². The fourth-order valence-electron chi connectivity index (χ4n) is 2.64. The van der Waals surface area contributed by atoms with E-state index in [0.29, 0.717) is 0 Å². The number of amidine groups is 1. The van der Waals surface area contributed by atoms with Gasteiger partial charge in [0.05, 0.1) is 12.8 Å². The second-order valence-corrected chi connectivity index (χ2v) is 4.57. The van der Waals surface area contributed by atoms with Gasteiger partial charge in [0.25, 0.3) is 0 Å². The van der Waals surface area contributed by atoms with Gasteiger partial charge >= 0.3 is 0 Å². The van der Waals surface area contributed by atoms with Gasteiger partial charge in [-0.1, -0.05) is 0 Å². The topological polar surface area (TPSA) is 29.8 Å². The minimum atomic E-state index is 0. The Morgan fingerprint density at radius 3 is 2.68 bits per heavy atom. The third-order valence-corrected chi connectivity index (χ3v) is 3.57. The zero-order valence-electron chi connectivity index (χ0n) is 11.4. The van der Waals surface area contributed by atoms with Gasteiger partial charge in [-0.15, -0.1) is 0 Å². The molecule has 3 rings (SSSR count). The van der Waals surface area contributed by atoms with Crippen LogP contribution in [0.1, 0.15) is 5.69 Å². The van der Waals surface area contributed by atoms with E-state index in [1.54, 1.807) is 7.11 Å². The quantitative estimate of drug-likeness (QED) is 0.668. The Balaban J connectivity index is 0.00000133. The van der Waals surface area contributed by atoms with Crippen molar-refractivity contribution >= 4 is 16.7 Å². The maximum atomic E-state index is 5.28. The molecule has 0 amide bonds. The van der Waals surface area contributed by atoms with E-state index in [1.165, 1.54) is 16.6 Å². The van der Waals surface area contributed by atoms with Gasteiger partial charge in [-0.05, 0) is 24.3 Å². The molecule has 5 heteroatoms. The van der Waals surface area contributed by atoms with Crippen LogP contribution < -0.4 is 17.1 Å². The van der Waals surface area contributed by atoms with Gasteiger partial charge in [0, 0.05) is 38.1 Å². The van der Waals surface area contributed by atoms with Gasteiger partial charge < -0.3 is 26.6 Å². The fraction of sp³-hybridized carbons (Fsp3) is 0.357. The lowest BCUT2D eigenvalue weighted by Gasteiger charge is -2.28. The van der Waals surface area contributed by atoms with Crippen LogP contribution in [0.4, 0.5) is 0 Å². The molecule has 0 unspecified atom stereocenters. The highest BCUT2D eigenvalue weighted by atomic mass is 35.5. The summed E-state index contributed by atoms with van der Waals surface area (Å²) in [6.07, 6.45) is 0. The molecule has 0 N–H and O–H groups in total. The first-order chi connectivity index (χ1) is 8.74. The maximum Gasteiger partial charge on any atom is 0.147 e. The van der Waals surface area contributed by atoms with Crippen LogP contribution in [0, 0.1) is 0 Å². The predicted octanol–water partition coefficient (Wildman–Crippen LogP) is -1.02. The molecule has 2 heterocycles. The van der Waals surface area contributed by atoms with Crippen LogP contribution in [0.2, 0.25) is 0 Å². The number of benzene rings is 1. The average Bonchev–Trinajstić information content (AvgIpc) is 2.75. The van der Waals surface area contributed by atoms with E-state index in [9.17, 15) is 0 Å². The van der Waals surface area contributed by atoms with Gasteiger partial charge in [0.1, 0.15) is 11.6 Å². The molecule has 1 aliphatic rings. The minimum absolute atomic E-state index is 0. The van der Waals surface area contributed by atoms with E-state index in [-0.39, 0.29) is 12.4 Å². The highest BCUT2D eigenvalue weighted by Gasteiger charge is 2.21. The molecule has 0 saturated heterocycles. The van der Waals surface area contributed by atoms with Crippen LogP contribution in [-0.2, 0) is 6.54 Å². The van der Waals surface area contributed by atoms with Crippen molar-refractivity contribution in [2.24, 2.45) is 4.99 Å². The molecule has 0 atom stereocenters. The lowest BCUT2D eigenvalue weighted by molar-refractivity contribution is -0.00000402. The number of hydrogen-bond donors (Lipinski definition) is 0. The predicted molar refractivity (Wildman–Crippen MR) is 73.6 cm³/mol. The molecule has 1 aromatic carbocycles. The number of aliphatic imine (C=N–C) groups is 1. The van der Waals surface area contributed by atoms with Crippen LogP contribution in [0.15, 0.2) is 29.3 Å². The summed E-state index contributed by atoms with van der Waals surface area (Å²) in [5.74, 6) is 1.95. The molecule has 4 nitrogen and oxygen atoms in total. The highest BCUT2D eigenvalue weighted by Crippen LogP contribution is 2.27. The van der Waals surface area contributed by atoms with Crippen LogP contribution in [0.25, 0.3) is 10.9 Å². The van der Waals surface area contributed by atoms with E-state index in [1.807, 2.05) is 13.1 Å². The van der Waals surface area contributed by atoms with E-state index in [4.69, 9.17) is 4.74 Å². The normalized spacial score (nSPS) is 16.4. The van der Waals surface area contributed by atoms with Gasteiger partial charge in [-0.3, -0.25) is 4.99 Å². The molecule has 1 aromatic heterocycles. The number of likely N-dealkylation sites (N-methyl/N-ethyl adjacent to an activating group) is 1. The van der Waals surface area contributed by atoms with Crippen molar-refractivity contribution in [1.82, 2.24) is 9.47 Å². The number of aromatic nitrogens is 1. The van der Waals surface area contributed by atoms with E-state index in [2.05, 4.69) is 39.7 Å². The van der Waals surface area contributed by atoms with Crippen molar-refractivity contribution in [1.29, 1.82) is 0 Å². The van der Waals surface area contributed by atoms with Gasteiger partial charge in [0.15, 0.2) is 0 Å². The van der Waals surface area contributed by atoms with E-state index < -0.39 is 0 Å². The minimum Gasteiger partial charge on any atom is -1.00 e. The summed E-state index contributed by atoms with van der Waals surface area (Å²) in [7, 11) is 5.63. The number of hydrogen-bond acceptors (Lipinski definition) is 2. The third-order valence-electron chi connectivity index (χ3n) is 3.57. The summed E-state index contributed by atoms with van der Waals surface area (Å²) < 4.78 is 7.61. The molecule has 2 aromatic rings. The van der Waals surface area contributed by atoms with Crippen molar-refractivity contribution < 1.29 is 17.1 Å². The summed E-state index contributed by atoms with van der Waals surface area (Å²) in [6.45, 7) is 2.00. The SMILES string of the molecule is CN=C1c2cc3cc(OC)ccc3n2CCN1C.[Cl-]. The highest BCUT2D eigenvalue weighted by molar-refractivity contribution is 6.02. The van der Waals surface area contributed by atoms with Crippen molar-refractivity contribution in [2.45, 2.75) is 6.54 Å². The standard InChI is InChI=1S/C14H17N3O.ClH/c1-15-14-13-9-10-8-11(18-3)4-5-12(10)17(13)7-6-16(14)2;/h4-5,8-9H,6-7H2,1-3H3;1H/p-1. The zero-order chi connectivity index (χ0) is 12.7. The first-order valence-electron chi connectivity index (χ1n) is 6.10. The molecule has 0 bridgehead atoms. The monoisotopic (exact) mass is 278 g/mol. The first kappa shape index (κ1) is 13.7. The summed E-state index contributed by atoms with van der Waals surface area (Å²) in [5.41, 5.74) is 2.44. The van der Waals surface area contributed by atoms with Crippen LogP contribution in [0.5, 0.6) is 5.75 Å². The van der Waals surface area contributed by atoms with Crippen LogP contribution in [-0.4, -0.2) is 43.1 Å². The number of ether oxygens (including phenoxy) is 1. The summed E-state index contributed by atoms with van der Waals surface area (Å²) in [4.78, 5) is 6.60. The Kier molecular flexibility index (Phi) is 3.71. The molecule has 0 fully saturated rings. The Hall–Kier alpha value is -1.68. The van der Waals surface area contributed by atoms with E-state index >= 15 is 0 Å². The number of fused-ring (bicyclic) bond motifs is 3. The average molecular weight is 279 g/mol. The Labute approximate surface area is 119 Å². The van der Waals surface area contributed by atoms with Gasteiger partial charge in [0.2, 0.25) is 0 Å². The number of methoxy groups -OCH3 is 1. The third kappa shape index (κ3) is 2.06. The van der Waals surface area contributed by atoms with Gasteiger partial charge in [-0.2, -0.15) is 0 Å². The molecule has 102 valence electrons. The molecule has 0 radical (unpaired) electrons. The van der Waals surface area contributed by atoms with Crippen LogP contribution >= 0.6 is 0 Å². The lowest BCUT2D eigenvalue weighted by atomic mass is 10.2. The fourth-order valence-corrected chi connectivity index (χ4v) is 2.64. The molecule has 1 aliphatic heterocycles. The maximum absolute atomic E-state index is 5.28. The Bertz CT molecular complexity index is 633. The largest absolute Gasteiger partial charge is 1.00 e. The molecule has 0 spiro atoms. The smallest absolute Gasteiger partial charge is 0.147 e. The molecule has 0 saturated carbocycles. The Morgan fingerprint density at radius 1 is 1.21 bits per heavy atom. The molecular formula is C14H17ClN3O-. The molecule has 19 heavy (non-hydrogen) atoms. The lowest BCUT2D eigenvalue weighted by Crippen LogP contribution is -3.00. The van der Waals surface area contributed by atoms with Crippen molar-refractivity contribution in [3.8, 4) is 5.75 Å². The Morgan fingerprint density at radius 2 is 2.00 bits per heavy atom. The van der Waals surface area contributed by atoms with Crippen LogP contribution in [0.3, 0.4) is 0 Å². The van der Waals surface area contributed by atoms with Crippen molar-refractivity contribution in [2.75, 3.05) is 27.7 Å². The first-order valence-corrected chi connectivity index (χ1v) is 6.10. The summed E-state index contributed by atoms with van der Waals surface area (Å²) in [5, 5.41) is 1.21. The van der Waals surface area contributed by atoms with E-state index in [0.717, 1.165) is 24.7 Å². The number of rotatable bonds is 1. The summed E-state index contributed by atoms with van der Waals surface area (Å²) >= 11 is 0. The number of halogens is 1. The van der Waals surface area contributed by atoms with Crippen molar-refractivity contribution in [3.63, 3.8) is 0 Å². The second kappa shape index (κ2) is 5.13. The second-order valence-electron chi connectivity index (χ2n) is 4.57. The zero-order valence-corrected chi connectivity index (χ0v) is 12.1. The van der Waals surface area contributed by atoms with Gasteiger partial charge in [-0.25, -0.2) is 0 Å². The molecule has 0 aliphatic carbocycles. The molecular weight excluding hydrogens is 262 g/mol.